The minimum absolute atomic E-state index is 0.0552. The molecule has 0 unspecified atom stereocenters. The number of ether oxygens (including phenoxy) is 2. The summed E-state index contributed by atoms with van der Waals surface area (Å²) < 4.78 is 10.9. The number of carbonyl (C=O) groups is 1. The van der Waals surface area contributed by atoms with Gasteiger partial charge in [0.25, 0.3) is 0 Å². The summed E-state index contributed by atoms with van der Waals surface area (Å²) in [5, 5.41) is 0. The average Bonchev–Trinajstić information content (AvgIpc) is 2.33. The normalized spacial score (nSPS) is 22.9. The van der Waals surface area contributed by atoms with Gasteiger partial charge in [-0.05, 0) is 12.1 Å². The van der Waals surface area contributed by atoms with Gasteiger partial charge in [0.1, 0.15) is 17.5 Å². The fraction of sp³-hybridized carbons (Fsp3) is 0.538. The number of hydrogen-bond acceptors (Lipinski definition) is 4. The Labute approximate surface area is 101 Å². The topological polar surface area (TPSA) is 48.4 Å². The standard InChI is InChI=1S/C13H17NO3/c1-3-13(15)12-5-4-9(8-14-12)17-11-6-10(7-11)16-2/h4-5,8,10-11H,3,6-7H2,1-2H3/t10-,11-. The molecular formula is C13H17NO3. The minimum atomic E-state index is 0.0552. The van der Waals surface area contributed by atoms with E-state index in [-0.39, 0.29) is 11.9 Å². The van der Waals surface area contributed by atoms with E-state index in [1.807, 2.05) is 6.92 Å². The lowest BCUT2D eigenvalue weighted by Crippen LogP contribution is -2.38. The van der Waals surface area contributed by atoms with Gasteiger partial charge in [-0.1, -0.05) is 6.92 Å². The van der Waals surface area contributed by atoms with E-state index in [0.717, 1.165) is 18.6 Å². The summed E-state index contributed by atoms with van der Waals surface area (Å²) in [7, 11) is 1.72. The second-order valence-electron chi connectivity index (χ2n) is 4.22. The number of methoxy groups -OCH3 is 1. The zero-order valence-corrected chi connectivity index (χ0v) is 10.2. The first-order valence-corrected chi connectivity index (χ1v) is 5.91. The van der Waals surface area contributed by atoms with Crippen molar-refractivity contribution in [2.75, 3.05) is 7.11 Å². The summed E-state index contributed by atoms with van der Waals surface area (Å²) in [6.45, 7) is 1.83. The Kier molecular flexibility index (Phi) is 3.74. The van der Waals surface area contributed by atoms with Crippen molar-refractivity contribution in [1.29, 1.82) is 0 Å². The van der Waals surface area contributed by atoms with Crippen LogP contribution >= 0.6 is 0 Å². The van der Waals surface area contributed by atoms with Gasteiger partial charge in [-0.2, -0.15) is 0 Å². The molecule has 0 radical (unpaired) electrons. The first-order chi connectivity index (χ1) is 8.22. The minimum Gasteiger partial charge on any atom is -0.489 e. The maximum atomic E-state index is 11.4. The zero-order valence-electron chi connectivity index (χ0n) is 10.2. The summed E-state index contributed by atoms with van der Waals surface area (Å²) in [6.07, 6.45) is 4.48. The number of carbonyl (C=O) groups excluding carboxylic acids is 1. The van der Waals surface area contributed by atoms with Crippen LogP contribution < -0.4 is 4.74 Å². The Bertz CT molecular complexity index is 382. The molecule has 1 saturated carbocycles. The maximum Gasteiger partial charge on any atom is 0.180 e. The summed E-state index contributed by atoms with van der Waals surface area (Å²) in [5.41, 5.74) is 0.503. The highest BCUT2D eigenvalue weighted by molar-refractivity contribution is 5.93. The summed E-state index contributed by atoms with van der Waals surface area (Å²) >= 11 is 0. The van der Waals surface area contributed by atoms with Gasteiger partial charge in [-0.15, -0.1) is 0 Å². The van der Waals surface area contributed by atoms with Gasteiger partial charge < -0.3 is 9.47 Å². The monoisotopic (exact) mass is 235 g/mol. The summed E-state index contributed by atoms with van der Waals surface area (Å²) in [5.74, 6) is 0.775. The van der Waals surface area contributed by atoms with Crippen LogP contribution in [-0.4, -0.2) is 30.1 Å². The van der Waals surface area contributed by atoms with E-state index in [2.05, 4.69) is 4.98 Å². The largest absolute Gasteiger partial charge is 0.489 e. The zero-order chi connectivity index (χ0) is 12.3. The van der Waals surface area contributed by atoms with Crippen molar-refractivity contribution in [3.05, 3.63) is 24.0 Å². The molecule has 2 rings (SSSR count). The van der Waals surface area contributed by atoms with Crippen LogP contribution in [-0.2, 0) is 4.74 Å². The Morgan fingerprint density at radius 1 is 1.41 bits per heavy atom. The SMILES string of the molecule is CCC(=O)c1ccc(O[C@H]2C[C@H](OC)C2)cn1. The molecule has 1 aromatic rings. The lowest BCUT2D eigenvalue weighted by Gasteiger charge is -2.34. The fourth-order valence-electron chi connectivity index (χ4n) is 1.79. The first kappa shape index (κ1) is 12.0. The van der Waals surface area contributed by atoms with Crippen molar-refractivity contribution in [2.24, 2.45) is 0 Å². The number of Topliss-reactive ketones (excluding diaryl/α,β-unsaturated/α-hetero) is 1. The third-order valence-corrected chi connectivity index (χ3v) is 3.03. The third kappa shape index (κ3) is 2.82. The number of hydrogen-bond donors (Lipinski definition) is 0. The number of pyridine rings is 1. The number of aromatic nitrogens is 1. The highest BCUT2D eigenvalue weighted by atomic mass is 16.5. The van der Waals surface area contributed by atoms with Crippen molar-refractivity contribution in [2.45, 2.75) is 38.4 Å². The van der Waals surface area contributed by atoms with E-state index in [1.165, 1.54) is 0 Å². The molecule has 0 aliphatic heterocycles. The van der Waals surface area contributed by atoms with Gasteiger partial charge in [-0.25, -0.2) is 4.98 Å². The van der Waals surface area contributed by atoms with Crippen molar-refractivity contribution in [3.63, 3.8) is 0 Å². The maximum absolute atomic E-state index is 11.4. The third-order valence-electron chi connectivity index (χ3n) is 3.03. The smallest absolute Gasteiger partial charge is 0.180 e. The van der Waals surface area contributed by atoms with Crippen LogP contribution in [0.4, 0.5) is 0 Å². The predicted octanol–water partition coefficient (Wildman–Crippen LogP) is 2.23. The average molecular weight is 235 g/mol. The Morgan fingerprint density at radius 3 is 2.71 bits per heavy atom. The van der Waals surface area contributed by atoms with Gasteiger partial charge in [-0.3, -0.25) is 4.79 Å². The van der Waals surface area contributed by atoms with Gasteiger partial charge in [0.15, 0.2) is 5.78 Å². The molecule has 1 aliphatic rings. The molecule has 1 aliphatic carbocycles. The molecule has 0 spiro atoms. The second-order valence-corrected chi connectivity index (χ2v) is 4.22. The fourth-order valence-corrected chi connectivity index (χ4v) is 1.79. The highest BCUT2D eigenvalue weighted by Gasteiger charge is 2.30. The Morgan fingerprint density at radius 2 is 2.18 bits per heavy atom. The van der Waals surface area contributed by atoms with Crippen molar-refractivity contribution >= 4 is 5.78 Å². The van der Waals surface area contributed by atoms with Crippen molar-refractivity contribution in [3.8, 4) is 5.75 Å². The first-order valence-electron chi connectivity index (χ1n) is 5.91. The molecule has 0 N–H and O–H groups in total. The van der Waals surface area contributed by atoms with Gasteiger partial charge in [0.2, 0.25) is 0 Å². The number of ketones is 1. The Hall–Kier alpha value is -1.42. The highest BCUT2D eigenvalue weighted by Crippen LogP contribution is 2.27. The molecule has 0 atom stereocenters. The van der Waals surface area contributed by atoms with E-state index >= 15 is 0 Å². The number of rotatable bonds is 5. The molecule has 0 aromatic carbocycles. The van der Waals surface area contributed by atoms with E-state index in [0.29, 0.717) is 18.2 Å². The van der Waals surface area contributed by atoms with Crippen LogP contribution in [0.2, 0.25) is 0 Å². The lowest BCUT2D eigenvalue weighted by atomic mass is 9.92. The predicted molar refractivity (Wildman–Crippen MR) is 63.3 cm³/mol. The molecule has 0 amide bonds. The molecule has 4 nitrogen and oxygen atoms in total. The van der Waals surface area contributed by atoms with Crippen LogP contribution in [0.15, 0.2) is 18.3 Å². The molecule has 0 saturated heterocycles. The van der Waals surface area contributed by atoms with E-state index in [1.54, 1.807) is 25.4 Å². The van der Waals surface area contributed by atoms with Crippen LogP contribution in [0, 0.1) is 0 Å². The van der Waals surface area contributed by atoms with Crippen molar-refractivity contribution in [1.82, 2.24) is 4.98 Å². The van der Waals surface area contributed by atoms with E-state index < -0.39 is 0 Å². The van der Waals surface area contributed by atoms with Gasteiger partial charge in [0, 0.05) is 26.4 Å². The van der Waals surface area contributed by atoms with Crippen LogP contribution in [0.25, 0.3) is 0 Å². The van der Waals surface area contributed by atoms with E-state index in [4.69, 9.17) is 9.47 Å². The number of nitrogens with zero attached hydrogens (tertiary/aromatic N) is 1. The lowest BCUT2D eigenvalue weighted by molar-refractivity contribution is -0.0382. The molecule has 1 aromatic heterocycles. The molecule has 1 fully saturated rings. The molecular weight excluding hydrogens is 218 g/mol. The summed E-state index contributed by atoms with van der Waals surface area (Å²) in [6, 6.07) is 3.52. The second kappa shape index (κ2) is 5.27. The Balaban J connectivity index is 1.88. The molecule has 92 valence electrons. The molecule has 0 bridgehead atoms. The van der Waals surface area contributed by atoms with Gasteiger partial charge in [0.05, 0.1) is 12.3 Å². The van der Waals surface area contributed by atoms with Crippen LogP contribution in [0.1, 0.15) is 36.7 Å². The van der Waals surface area contributed by atoms with Crippen molar-refractivity contribution < 1.29 is 14.3 Å². The summed E-state index contributed by atoms with van der Waals surface area (Å²) in [4.78, 5) is 15.5. The van der Waals surface area contributed by atoms with Crippen LogP contribution in [0.5, 0.6) is 5.75 Å². The quantitative estimate of drug-likeness (QED) is 0.734. The van der Waals surface area contributed by atoms with Gasteiger partial charge >= 0.3 is 0 Å². The molecule has 1 heterocycles. The molecule has 4 heteroatoms. The molecule has 17 heavy (non-hydrogen) atoms. The van der Waals surface area contributed by atoms with Crippen LogP contribution in [0.3, 0.4) is 0 Å². The van der Waals surface area contributed by atoms with E-state index in [9.17, 15) is 4.79 Å².